The van der Waals surface area contributed by atoms with Gasteiger partial charge in [-0.1, -0.05) is 24.3 Å². The number of hydrogen-bond donors (Lipinski definition) is 1. The molecule has 0 aliphatic rings. The van der Waals surface area contributed by atoms with Crippen LogP contribution in [-0.2, 0) is 4.74 Å². The molecule has 8 heteroatoms. The molecule has 0 saturated heterocycles. The summed E-state index contributed by atoms with van der Waals surface area (Å²) in [6.07, 6.45) is 1.24. The number of fused-ring (bicyclic) bond motifs is 1. The minimum Gasteiger partial charge on any atom is -0.462 e. The van der Waals surface area contributed by atoms with Gasteiger partial charge in [0, 0.05) is 11.1 Å². The van der Waals surface area contributed by atoms with Crippen molar-refractivity contribution >= 4 is 39.2 Å². The maximum atomic E-state index is 12.7. The third-order valence-corrected chi connectivity index (χ3v) is 5.25. The van der Waals surface area contributed by atoms with Crippen LogP contribution in [-0.4, -0.2) is 33.2 Å². The van der Waals surface area contributed by atoms with Crippen LogP contribution in [0.1, 0.15) is 27.6 Å². The van der Waals surface area contributed by atoms with Crippen LogP contribution >= 0.6 is 11.3 Å². The number of nitrogens with zero attached hydrogens (tertiary/aromatic N) is 3. The highest BCUT2D eigenvalue weighted by molar-refractivity contribution is 7.21. The van der Waals surface area contributed by atoms with Gasteiger partial charge in [0.25, 0.3) is 5.91 Å². The summed E-state index contributed by atoms with van der Waals surface area (Å²) in [5, 5.41) is 4.81. The molecule has 0 radical (unpaired) electrons. The van der Waals surface area contributed by atoms with Gasteiger partial charge in [0.15, 0.2) is 0 Å². The minimum atomic E-state index is -0.606. The number of benzene rings is 2. The molecule has 4 rings (SSSR count). The standard InChI is InChI=1S/C20H16N4O3S/c1-2-27-20(26)14-11-22-24(17(14)21)19(25)13-9-7-12(8-10-13)18-23-15-5-3-4-6-16(15)28-18/h3-11H,2,21H2,1H3. The molecule has 2 aromatic heterocycles. The number of esters is 1. The minimum absolute atomic E-state index is 0.0429. The van der Waals surface area contributed by atoms with E-state index in [9.17, 15) is 9.59 Å². The highest BCUT2D eigenvalue weighted by Gasteiger charge is 2.21. The van der Waals surface area contributed by atoms with E-state index >= 15 is 0 Å². The number of ether oxygens (including phenoxy) is 1. The second-order valence-electron chi connectivity index (χ2n) is 5.95. The third kappa shape index (κ3) is 3.14. The first kappa shape index (κ1) is 17.9. The zero-order valence-electron chi connectivity index (χ0n) is 15.0. The monoisotopic (exact) mass is 392 g/mol. The number of aromatic nitrogens is 3. The molecule has 0 fully saturated rings. The molecule has 0 atom stereocenters. The van der Waals surface area contributed by atoms with Gasteiger partial charge in [-0.15, -0.1) is 11.3 Å². The molecule has 4 aromatic rings. The van der Waals surface area contributed by atoms with Crippen molar-refractivity contribution < 1.29 is 14.3 Å². The molecule has 2 N–H and O–H groups in total. The van der Waals surface area contributed by atoms with Crippen molar-refractivity contribution in [2.75, 3.05) is 12.3 Å². The lowest BCUT2D eigenvalue weighted by molar-refractivity contribution is 0.0527. The lowest BCUT2D eigenvalue weighted by Crippen LogP contribution is -2.17. The topological polar surface area (TPSA) is 100 Å². The van der Waals surface area contributed by atoms with E-state index in [0.717, 1.165) is 25.5 Å². The molecule has 0 amide bonds. The fraction of sp³-hybridized carbons (Fsp3) is 0.100. The first-order valence-corrected chi connectivity index (χ1v) is 9.41. The van der Waals surface area contributed by atoms with Crippen LogP contribution in [0.25, 0.3) is 20.8 Å². The number of thiazole rings is 1. The Morgan fingerprint density at radius 2 is 1.89 bits per heavy atom. The van der Waals surface area contributed by atoms with Crippen molar-refractivity contribution in [1.82, 2.24) is 14.8 Å². The lowest BCUT2D eigenvalue weighted by atomic mass is 10.1. The summed E-state index contributed by atoms with van der Waals surface area (Å²) in [5.41, 5.74) is 8.23. The Hall–Kier alpha value is -3.52. The zero-order chi connectivity index (χ0) is 19.7. The first-order chi connectivity index (χ1) is 13.6. The number of carbonyl (C=O) groups is 2. The molecular weight excluding hydrogens is 376 g/mol. The Bertz CT molecular complexity index is 1140. The van der Waals surface area contributed by atoms with Crippen LogP contribution in [0.3, 0.4) is 0 Å². The lowest BCUT2D eigenvalue weighted by Gasteiger charge is -2.05. The summed E-state index contributed by atoms with van der Waals surface area (Å²) in [5.74, 6) is -1.08. The van der Waals surface area contributed by atoms with E-state index in [-0.39, 0.29) is 18.0 Å². The molecule has 2 heterocycles. The molecule has 28 heavy (non-hydrogen) atoms. The Labute approximate surface area is 164 Å². The van der Waals surface area contributed by atoms with Crippen molar-refractivity contribution in [1.29, 1.82) is 0 Å². The van der Waals surface area contributed by atoms with Gasteiger partial charge in [-0.3, -0.25) is 4.79 Å². The maximum absolute atomic E-state index is 12.7. The van der Waals surface area contributed by atoms with E-state index in [4.69, 9.17) is 10.5 Å². The smallest absolute Gasteiger partial charge is 0.343 e. The molecule has 0 saturated carbocycles. The van der Waals surface area contributed by atoms with E-state index in [1.54, 1.807) is 30.4 Å². The number of nitrogen functional groups attached to an aromatic ring is 1. The van der Waals surface area contributed by atoms with E-state index in [1.165, 1.54) is 6.20 Å². The molecular formula is C20H16N4O3S. The summed E-state index contributed by atoms with van der Waals surface area (Å²) in [6, 6.07) is 15.0. The van der Waals surface area contributed by atoms with E-state index < -0.39 is 11.9 Å². The van der Waals surface area contributed by atoms with Crippen LogP contribution in [0.5, 0.6) is 0 Å². The average Bonchev–Trinajstić information content (AvgIpc) is 3.31. The molecule has 0 aliphatic carbocycles. The largest absolute Gasteiger partial charge is 0.462 e. The van der Waals surface area contributed by atoms with Crippen LogP contribution < -0.4 is 5.73 Å². The molecule has 7 nitrogen and oxygen atoms in total. The van der Waals surface area contributed by atoms with Gasteiger partial charge < -0.3 is 10.5 Å². The highest BCUT2D eigenvalue weighted by atomic mass is 32.1. The van der Waals surface area contributed by atoms with E-state index in [1.807, 2.05) is 36.4 Å². The Balaban J connectivity index is 1.60. The molecule has 140 valence electrons. The third-order valence-electron chi connectivity index (χ3n) is 4.17. The fourth-order valence-corrected chi connectivity index (χ4v) is 3.73. The number of para-hydroxylation sites is 1. The molecule has 0 spiro atoms. The number of anilines is 1. The van der Waals surface area contributed by atoms with Crippen molar-refractivity contribution in [2.24, 2.45) is 0 Å². The Morgan fingerprint density at radius 3 is 2.61 bits per heavy atom. The Kier molecular flexibility index (Phi) is 4.62. The molecule has 0 aliphatic heterocycles. The van der Waals surface area contributed by atoms with Crippen LogP contribution in [0.15, 0.2) is 54.7 Å². The van der Waals surface area contributed by atoms with Gasteiger partial charge in [0.2, 0.25) is 0 Å². The van der Waals surface area contributed by atoms with E-state index in [0.29, 0.717) is 5.56 Å². The van der Waals surface area contributed by atoms with Gasteiger partial charge in [-0.2, -0.15) is 9.78 Å². The first-order valence-electron chi connectivity index (χ1n) is 8.60. The van der Waals surface area contributed by atoms with E-state index in [2.05, 4.69) is 10.1 Å². The highest BCUT2D eigenvalue weighted by Crippen LogP contribution is 2.30. The normalized spacial score (nSPS) is 10.9. The second kappa shape index (κ2) is 7.24. The number of hydrogen-bond acceptors (Lipinski definition) is 7. The van der Waals surface area contributed by atoms with Crippen molar-refractivity contribution in [3.8, 4) is 10.6 Å². The average molecular weight is 392 g/mol. The van der Waals surface area contributed by atoms with Crippen LogP contribution in [0.2, 0.25) is 0 Å². The number of nitrogens with two attached hydrogens (primary N) is 1. The predicted molar refractivity (Wildman–Crippen MR) is 107 cm³/mol. The van der Waals surface area contributed by atoms with Crippen LogP contribution in [0, 0.1) is 0 Å². The Morgan fingerprint density at radius 1 is 1.14 bits per heavy atom. The van der Waals surface area contributed by atoms with Gasteiger partial charge in [-0.05, 0) is 31.2 Å². The number of rotatable bonds is 4. The van der Waals surface area contributed by atoms with Crippen molar-refractivity contribution in [3.63, 3.8) is 0 Å². The van der Waals surface area contributed by atoms with Gasteiger partial charge >= 0.3 is 5.97 Å². The SMILES string of the molecule is CCOC(=O)c1cnn(C(=O)c2ccc(-c3nc4ccccc4s3)cc2)c1N. The van der Waals surface area contributed by atoms with Gasteiger partial charge in [0.05, 0.1) is 23.0 Å². The molecule has 2 aromatic carbocycles. The van der Waals surface area contributed by atoms with Crippen molar-refractivity contribution in [2.45, 2.75) is 6.92 Å². The summed E-state index contributed by atoms with van der Waals surface area (Å²) in [7, 11) is 0. The molecule has 0 unspecified atom stereocenters. The number of carbonyl (C=O) groups excluding carboxylic acids is 2. The van der Waals surface area contributed by atoms with Gasteiger partial charge in [-0.25, -0.2) is 9.78 Å². The predicted octanol–water partition coefficient (Wildman–Crippen LogP) is 3.61. The maximum Gasteiger partial charge on any atom is 0.343 e. The summed E-state index contributed by atoms with van der Waals surface area (Å²) in [4.78, 5) is 29.2. The second-order valence-corrected chi connectivity index (χ2v) is 6.98. The zero-order valence-corrected chi connectivity index (χ0v) is 15.8. The summed E-state index contributed by atoms with van der Waals surface area (Å²) >= 11 is 1.59. The van der Waals surface area contributed by atoms with Gasteiger partial charge in [0.1, 0.15) is 16.4 Å². The van der Waals surface area contributed by atoms with Crippen LogP contribution in [0.4, 0.5) is 5.82 Å². The quantitative estimate of drug-likeness (QED) is 0.533. The fourth-order valence-electron chi connectivity index (χ4n) is 2.76. The summed E-state index contributed by atoms with van der Waals surface area (Å²) < 4.78 is 7.01. The van der Waals surface area contributed by atoms with Crippen molar-refractivity contribution in [3.05, 3.63) is 65.9 Å². The molecule has 0 bridgehead atoms. The summed E-state index contributed by atoms with van der Waals surface area (Å²) in [6.45, 7) is 1.90.